The minimum Gasteiger partial charge on any atom is -0.284 e. The van der Waals surface area contributed by atoms with Crippen LogP contribution < -0.4 is 0 Å². The van der Waals surface area contributed by atoms with Crippen molar-refractivity contribution in [1.82, 2.24) is 20.2 Å². The molecular formula is C5H6F2N4O. The van der Waals surface area contributed by atoms with Crippen LogP contribution in [0.5, 0.6) is 0 Å². The van der Waals surface area contributed by atoms with Crippen LogP contribution in [0.3, 0.4) is 0 Å². The first-order valence-corrected chi connectivity index (χ1v) is 3.08. The maximum Gasteiger partial charge on any atom is 0.310 e. The second kappa shape index (κ2) is 2.58. The quantitative estimate of drug-likeness (QED) is 0.597. The second-order valence-electron chi connectivity index (χ2n) is 2.32. The first-order valence-electron chi connectivity index (χ1n) is 3.08. The Balaban J connectivity index is 2.93. The topological polar surface area (TPSA) is 60.7 Å². The molecule has 0 aliphatic carbocycles. The molecule has 1 aromatic heterocycles. The number of hydrogen-bond acceptors (Lipinski definition) is 4. The molecule has 0 unspecified atom stereocenters. The van der Waals surface area contributed by atoms with Gasteiger partial charge in [0.15, 0.2) is 0 Å². The van der Waals surface area contributed by atoms with Gasteiger partial charge in [-0.05, 0) is 5.21 Å². The standard InChI is InChI=1S/C5H6F2N4O/c1-5(6,7)3(12)4-8-10-11(2)9-4/h1-2H3. The molecule has 0 bridgehead atoms. The number of carbonyl (C=O) groups is 1. The van der Waals surface area contributed by atoms with Crippen LogP contribution in [0.2, 0.25) is 0 Å². The van der Waals surface area contributed by atoms with Crippen molar-refractivity contribution >= 4 is 5.78 Å². The minimum absolute atomic E-state index is 0.492. The highest BCUT2D eigenvalue weighted by Crippen LogP contribution is 2.15. The average Bonchev–Trinajstić information content (AvgIpc) is 2.32. The van der Waals surface area contributed by atoms with Crippen LogP contribution in [-0.4, -0.2) is 31.9 Å². The van der Waals surface area contributed by atoms with Gasteiger partial charge < -0.3 is 0 Å². The molecule has 1 aromatic rings. The fraction of sp³-hybridized carbons (Fsp3) is 0.600. The predicted octanol–water partition coefficient (Wildman–Crippen LogP) is 0.0480. The number of ketones is 1. The van der Waals surface area contributed by atoms with Gasteiger partial charge in [-0.25, -0.2) is 0 Å². The number of alkyl halides is 2. The number of Topliss-reactive ketones (excluding diaryl/α,β-unsaturated/α-hetero) is 1. The van der Waals surface area contributed by atoms with Gasteiger partial charge in [0.1, 0.15) is 0 Å². The Morgan fingerprint density at radius 3 is 2.50 bits per heavy atom. The number of rotatable bonds is 2. The highest BCUT2D eigenvalue weighted by atomic mass is 19.3. The van der Waals surface area contributed by atoms with Crippen molar-refractivity contribution in [3.05, 3.63) is 5.82 Å². The average molecular weight is 176 g/mol. The van der Waals surface area contributed by atoms with E-state index in [4.69, 9.17) is 0 Å². The zero-order chi connectivity index (χ0) is 9.35. The molecule has 7 heteroatoms. The summed E-state index contributed by atoms with van der Waals surface area (Å²) in [7, 11) is 1.39. The Morgan fingerprint density at radius 2 is 2.17 bits per heavy atom. The monoisotopic (exact) mass is 176 g/mol. The van der Waals surface area contributed by atoms with E-state index >= 15 is 0 Å². The van der Waals surface area contributed by atoms with Crippen LogP contribution in [0.1, 0.15) is 17.5 Å². The zero-order valence-electron chi connectivity index (χ0n) is 6.45. The summed E-state index contributed by atoms with van der Waals surface area (Å²) in [4.78, 5) is 11.7. The molecule has 0 amide bonds. The Bertz CT molecular complexity index is 303. The number of tetrazole rings is 1. The van der Waals surface area contributed by atoms with Crippen LogP contribution in [0.4, 0.5) is 8.78 Å². The van der Waals surface area contributed by atoms with Crippen molar-refractivity contribution in [2.45, 2.75) is 12.8 Å². The summed E-state index contributed by atoms with van der Waals surface area (Å²) in [6.07, 6.45) is 0. The van der Waals surface area contributed by atoms with Gasteiger partial charge in [-0.15, -0.1) is 10.2 Å². The lowest BCUT2D eigenvalue weighted by Gasteiger charge is -2.03. The van der Waals surface area contributed by atoms with E-state index in [2.05, 4.69) is 15.4 Å². The Kier molecular flexibility index (Phi) is 1.87. The van der Waals surface area contributed by atoms with E-state index in [0.717, 1.165) is 4.80 Å². The zero-order valence-corrected chi connectivity index (χ0v) is 6.45. The van der Waals surface area contributed by atoms with E-state index in [1.54, 1.807) is 0 Å². The van der Waals surface area contributed by atoms with Crippen molar-refractivity contribution in [3.8, 4) is 0 Å². The maximum absolute atomic E-state index is 12.3. The molecule has 0 aromatic carbocycles. The molecule has 5 nitrogen and oxygen atoms in total. The first-order chi connectivity index (χ1) is 5.41. The second-order valence-corrected chi connectivity index (χ2v) is 2.32. The van der Waals surface area contributed by atoms with Gasteiger partial charge in [0, 0.05) is 6.92 Å². The molecule has 0 saturated carbocycles. The summed E-state index contributed by atoms with van der Waals surface area (Å²) in [6, 6.07) is 0. The van der Waals surface area contributed by atoms with Gasteiger partial charge in [0.25, 0.3) is 5.78 Å². The van der Waals surface area contributed by atoms with E-state index in [0.29, 0.717) is 6.92 Å². The lowest BCUT2D eigenvalue weighted by molar-refractivity contribution is 0.0210. The first kappa shape index (κ1) is 8.69. The number of hydrogen-bond donors (Lipinski definition) is 0. The van der Waals surface area contributed by atoms with Crippen molar-refractivity contribution < 1.29 is 13.6 Å². The van der Waals surface area contributed by atoms with E-state index in [1.807, 2.05) is 0 Å². The molecule has 1 heterocycles. The van der Waals surface area contributed by atoms with Crippen molar-refractivity contribution in [3.63, 3.8) is 0 Å². The van der Waals surface area contributed by atoms with Crippen LogP contribution >= 0.6 is 0 Å². The number of aryl methyl sites for hydroxylation is 1. The van der Waals surface area contributed by atoms with Gasteiger partial charge >= 0.3 is 5.92 Å². The third-order valence-electron chi connectivity index (χ3n) is 1.11. The molecule has 0 fully saturated rings. The van der Waals surface area contributed by atoms with Gasteiger partial charge in [0.2, 0.25) is 5.82 Å². The van der Waals surface area contributed by atoms with Gasteiger partial charge in [-0.2, -0.15) is 13.6 Å². The Hall–Kier alpha value is -1.40. The smallest absolute Gasteiger partial charge is 0.284 e. The van der Waals surface area contributed by atoms with E-state index in [1.165, 1.54) is 7.05 Å². The lowest BCUT2D eigenvalue weighted by Crippen LogP contribution is -2.25. The largest absolute Gasteiger partial charge is 0.310 e. The number of carbonyl (C=O) groups excluding carboxylic acids is 1. The molecule has 0 saturated heterocycles. The normalized spacial score (nSPS) is 11.7. The van der Waals surface area contributed by atoms with Crippen molar-refractivity contribution in [1.29, 1.82) is 0 Å². The number of halogens is 2. The minimum atomic E-state index is -3.44. The third kappa shape index (κ3) is 1.60. The van der Waals surface area contributed by atoms with Crippen LogP contribution in [0, 0.1) is 0 Å². The summed E-state index contributed by atoms with van der Waals surface area (Å²) in [6.45, 7) is 0.492. The van der Waals surface area contributed by atoms with Crippen LogP contribution in [-0.2, 0) is 7.05 Å². The molecule has 66 valence electrons. The summed E-state index contributed by atoms with van der Waals surface area (Å²) < 4.78 is 24.7. The highest BCUT2D eigenvalue weighted by molar-refractivity contribution is 5.97. The molecular weight excluding hydrogens is 170 g/mol. The highest BCUT2D eigenvalue weighted by Gasteiger charge is 2.36. The molecule has 0 spiro atoms. The fourth-order valence-corrected chi connectivity index (χ4v) is 0.571. The molecule has 0 aliphatic rings. The molecule has 12 heavy (non-hydrogen) atoms. The molecule has 0 radical (unpaired) electrons. The summed E-state index contributed by atoms with van der Waals surface area (Å²) >= 11 is 0. The third-order valence-corrected chi connectivity index (χ3v) is 1.11. The van der Waals surface area contributed by atoms with Crippen molar-refractivity contribution in [2.24, 2.45) is 7.05 Å². The summed E-state index contributed by atoms with van der Waals surface area (Å²) in [5.41, 5.74) is 0. The van der Waals surface area contributed by atoms with E-state index in [-0.39, 0.29) is 0 Å². The van der Waals surface area contributed by atoms with Crippen molar-refractivity contribution in [2.75, 3.05) is 0 Å². The van der Waals surface area contributed by atoms with Gasteiger partial charge in [0.05, 0.1) is 7.05 Å². The molecule has 0 N–H and O–H groups in total. The summed E-state index contributed by atoms with van der Waals surface area (Å²) in [5, 5.41) is 9.75. The number of nitrogens with zero attached hydrogens (tertiary/aromatic N) is 4. The lowest BCUT2D eigenvalue weighted by atomic mass is 10.2. The molecule has 0 aliphatic heterocycles. The van der Waals surface area contributed by atoms with E-state index in [9.17, 15) is 13.6 Å². The molecule has 1 rings (SSSR count). The van der Waals surface area contributed by atoms with Crippen LogP contribution in [0.25, 0.3) is 0 Å². The number of aromatic nitrogens is 4. The van der Waals surface area contributed by atoms with E-state index < -0.39 is 17.5 Å². The fourth-order valence-electron chi connectivity index (χ4n) is 0.571. The maximum atomic E-state index is 12.3. The summed E-state index contributed by atoms with van der Waals surface area (Å²) in [5.74, 6) is -5.43. The van der Waals surface area contributed by atoms with Crippen LogP contribution in [0.15, 0.2) is 0 Å². The van der Waals surface area contributed by atoms with Gasteiger partial charge in [-0.1, -0.05) is 0 Å². The SMILES string of the molecule is Cn1nnc(C(=O)C(C)(F)F)n1. The Labute approximate surface area is 66.4 Å². The predicted molar refractivity (Wildman–Crippen MR) is 33.7 cm³/mol. The Morgan fingerprint density at radius 1 is 1.58 bits per heavy atom. The van der Waals surface area contributed by atoms with Gasteiger partial charge in [-0.3, -0.25) is 4.79 Å². The molecule has 0 atom stereocenters.